The maximum absolute atomic E-state index is 6.38. The molecule has 224 valence electrons. The van der Waals surface area contributed by atoms with E-state index in [0.717, 1.165) is 79.6 Å². The number of rotatable bonds is 12. The number of benzene rings is 1. The fraction of sp³-hybridized carbons (Fsp3) is 0.541. The Bertz CT molecular complexity index is 1210. The van der Waals surface area contributed by atoms with Crippen LogP contribution in [0.4, 0.5) is 0 Å². The number of aliphatic imine (C=N–C) groups is 1. The summed E-state index contributed by atoms with van der Waals surface area (Å²) in [7, 11) is 0. The first-order valence-electron chi connectivity index (χ1n) is 16.0. The van der Waals surface area contributed by atoms with E-state index in [-0.39, 0.29) is 0 Å². The highest BCUT2D eigenvalue weighted by Gasteiger charge is 2.17. The van der Waals surface area contributed by atoms with Crippen molar-refractivity contribution in [2.45, 2.75) is 94.4 Å². The number of aryl methyl sites for hydroxylation is 1. The van der Waals surface area contributed by atoms with Crippen LogP contribution in [-0.4, -0.2) is 48.2 Å². The molecule has 0 spiro atoms. The van der Waals surface area contributed by atoms with Gasteiger partial charge in [0.2, 0.25) is 0 Å². The summed E-state index contributed by atoms with van der Waals surface area (Å²) in [6.45, 7) is 25.2. The molecule has 0 radical (unpaired) electrons. The molecular weight excluding hydrogens is 502 g/mol. The standard InChI is InChI=1S/C37H55N3O/c1-10-27(5)31(9)41-37-26-33(18-17-29(37)7)36(25-30(8)32-15-14-16-32)38-35(28(6)11-2)20-19-34(12-3)40-23-21-39(13-4)22-24-40/h12,17-20,25-26,28H,10-11,13-16,21-24H2,1-9H3/b20-19-,31-27+,34-12+,36-25-,38-35-. The van der Waals surface area contributed by atoms with Crippen LogP contribution in [0.15, 0.2) is 75.7 Å². The van der Waals surface area contributed by atoms with E-state index in [1.807, 2.05) is 0 Å². The van der Waals surface area contributed by atoms with Crippen LogP contribution in [0, 0.1) is 12.8 Å². The van der Waals surface area contributed by atoms with Crippen molar-refractivity contribution in [2.75, 3.05) is 32.7 Å². The van der Waals surface area contributed by atoms with Gasteiger partial charge in [-0.15, -0.1) is 0 Å². The van der Waals surface area contributed by atoms with Gasteiger partial charge in [-0.05, 0) is 120 Å². The molecule has 4 heteroatoms. The third-order valence-corrected chi connectivity index (χ3v) is 9.02. The summed E-state index contributed by atoms with van der Waals surface area (Å²) >= 11 is 0. The maximum atomic E-state index is 6.38. The summed E-state index contributed by atoms with van der Waals surface area (Å²) in [6, 6.07) is 6.55. The highest BCUT2D eigenvalue weighted by Crippen LogP contribution is 2.33. The van der Waals surface area contributed by atoms with Crippen LogP contribution < -0.4 is 4.74 Å². The number of likely N-dealkylation sites (N-methyl/N-ethyl adjacent to an activating group) is 1. The van der Waals surface area contributed by atoms with Crippen LogP contribution >= 0.6 is 0 Å². The number of nitrogens with zero attached hydrogens (tertiary/aromatic N) is 3. The van der Waals surface area contributed by atoms with Gasteiger partial charge in [-0.3, -0.25) is 4.99 Å². The molecule has 4 nitrogen and oxygen atoms in total. The van der Waals surface area contributed by atoms with E-state index in [0.29, 0.717) is 5.92 Å². The summed E-state index contributed by atoms with van der Waals surface area (Å²) in [6.07, 6.45) is 14.8. The lowest BCUT2D eigenvalue weighted by atomic mass is 9.88. The lowest BCUT2D eigenvalue weighted by molar-refractivity contribution is 0.168. The van der Waals surface area contributed by atoms with Gasteiger partial charge < -0.3 is 14.5 Å². The van der Waals surface area contributed by atoms with E-state index < -0.39 is 0 Å². The molecule has 41 heavy (non-hydrogen) atoms. The first-order chi connectivity index (χ1) is 19.7. The number of allylic oxidation sites excluding steroid dienone is 8. The number of hydrogen-bond donors (Lipinski definition) is 0. The molecule has 3 rings (SSSR count). The van der Waals surface area contributed by atoms with Crippen molar-refractivity contribution in [3.63, 3.8) is 0 Å². The average molecular weight is 558 g/mol. The van der Waals surface area contributed by atoms with E-state index in [1.54, 1.807) is 5.57 Å². The van der Waals surface area contributed by atoms with Crippen LogP contribution in [0.1, 0.15) is 98.6 Å². The zero-order valence-electron chi connectivity index (χ0n) is 27.4. The predicted octanol–water partition coefficient (Wildman–Crippen LogP) is 9.50. The van der Waals surface area contributed by atoms with Gasteiger partial charge in [-0.1, -0.05) is 51.5 Å². The molecule has 1 aliphatic heterocycles. The maximum Gasteiger partial charge on any atom is 0.130 e. The number of hydrogen-bond acceptors (Lipinski definition) is 4. The Morgan fingerprint density at radius 1 is 1.02 bits per heavy atom. The third-order valence-electron chi connectivity index (χ3n) is 9.02. The minimum atomic E-state index is 0.347. The van der Waals surface area contributed by atoms with Crippen LogP contribution in [0.5, 0.6) is 5.75 Å². The SMILES string of the molecule is C\C=C(/C=C\C(=N\C(=C/C(C)=C1CCC1)c1ccc(C)c(O/C(C)=C(\C)CC)c1)C(C)CC)N1CCN(CC)CC1. The first-order valence-corrected chi connectivity index (χ1v) is 16.0. The summed E-state index contributed by atoms with van der Waals surface area (Å²) in [4.78, 5) is 10.4. The Morgan fingerprint density at radius 2 is 1.73 bits per heavy atom. The largest absolute Gasteiger partial charge is 0.462 e. The van der Waals surface area contributed by atoms with Crippen LogP contribution in [-0.2, 0) is 0 Å². The molecular formula is C37H55N3O. The molecule has 1 saturated carbocycles. The van der Waals surface area contributed by atoms with E-state index in [2.05, 4.69) is 115 Å². The van der Waals surface area contributed by atoms with Gasteiger partial charge in [-0.2, -0.15) is 0 Å². The molecule has 1 unspecified atom stereocenters. The van der Waals surface area contributed by atoms with Gasteiger partial charge >= 0.3 is 0 Å². The van der Waals surface area contributed by atoms with Gasteiger partial charge in [-0.25, -0.2) is 0 Å². The van der Waals surface area contributed by atoms with Gasteiger partial charge in [0.25, 0.3) is 0 Å². The second kappa shape index (κ2) is 16.0. The lowest BCUT2D eigenvalue weighted by Gasteiger charge is -2.36. The number of ether oxygens (including phenoxy) is 1. The Labute approximate surface area is 251 Å². The molecule has 0 amide bonds. The minimum Gasteiger partial charge on any atom is -0.462 e. The molecule has 1 aliphatic carbocycles. The zero-order valence-corrected chi connectivity index (χ0v) is 27.4. The molecule has 1 aromatic carbocycles. The summed E-state index contributed by atoms with van der Waals surface area (Å²) in [5, 5.41) is 0. The second-order valence-corrected chi connectivity index (χ2v) is 11.8. The normalized spacial score (nSPS) is 18.9. The smallest absolute Gasteiger partial charge is 0.130 e. The predicted molar refractivity (Wildman–Crippen MR) is 178 cm³/mol. The van der Waals surface area contributed by atoms with Gasteiger partial charge in [0.1, 0.15) is 5.75 Å². The van der Waals surface area contributed by atoms with Crippen molar-refractivity contribution in [1.82, 2.24) is 9.80 Å². The highest BCUT2D eigenvalue weighted by atomic mass is 16.5. The Kier molecular flexibility index (Phi) is 12.7. The van der Waals surface area contributed by atoms with Gasteiger partial charge in [0.05, 0.1) is 11.5 Å². The average Bonchev–Trinajstić information content (AvgIpc) is 2.95. The molecule has 0 bridgehead atoms. The molecule has 1 atom stereocenters. The topological polar surface area (TPSA) is 28.1 Å². The van der Waals surface area contributed by atoms with E-state index in [4.69, 9.17) is 9.73 Å². The molecule has 2 fully saturated rings. The molecule has 1 aromatic rings. The second-order valence-electron chi connectivity index (χ2n) is 11.8. The van der Waals surface area contributed by atoms with E-state index in [9.17, 15) is 0 Å². The van der Waals surface area contributed by atoms with Crippen LogP contribution in [0.3, 0.4) is 0 Å². The van der Waals surface area contributed by atoms with Crippen molar-refractivity contribution >= 4 is 11.4 Å². The lowest BCUT2D eigenvalue weighted by Crippen LogP contribution is -2.45. The van der Waals surface area contributed by atoms with Gasteiger partial charge in [0, 0.05) is 43.2 Å². The third kappa shape index (κ3) is 9.07. The monoisotopic (exact) mass is 557 g/mol. The summed E-state index contributed by atoms with van der Waals surface area (Å²) < 4.78 is 6.38. The van der Waals surface area contributed by atoms with Crippen LogP contribution in [0.2, 0.25) is 0 Å². The molecule has 0 N–H and O–H groups in total. The zero-order chi connectivity index (χ0) is 29.9. The summed E-state index contributed by atoms with van der Waals surface area (Å²) in [5.41, 5.74) is 9.84. The fourth-order valence-corrected chi connectivity index (χ4v) is 5.14. The Hall–Kier alpha value is -2.85. The van der Waals surface area contributed by atoms with Crippen LogP contribution in [0.25, 0.3) is 5.70 Å². The Morgan fingerprint density at radius 3 is 2.29 bits per heavy atom. The minimum absolute atomic E-state index is 0.347. The summed E-state index contributed by atoms with van der Waals surface area (Å²) in [5.74, 6) is 2.24. The van der Waals surface area contributed by atoms with Crippen molar-refractivity contribution in [1.29, 1.82) is 0 Å². The van der Waals surface area contributed by atoms with Crippen molar-refractivity contribution in [3.8, 4) is 5.75 Å². The van der Waals surface area contributed by atoms with E-state index >= 15 is 0 Å². The van der Waals surface area contributed by atoms with Crippen molar-refractivity contribution in [3.05, 3.63) is 81.8 Å². The van der Waals surface area contributed by atoms with Crippen molar-refractivity contribution < 1.29 is 4.74 Å². The number of piperazine rings is 1. The molecule has 1 saturated heterocycles. The Balaban J connectivity index is 2.03. The van der Waals surface area contributed by atoms with Gasteiger partial charge in [0.15, 0.2) is 0 Å². The quantitative estimate of drug-likeness (QED) is 0.145. The molecule has 2 aliphatic rings. The van der Waals surface area contributed by atoms with E-state index in [1.165, 1.54) is 36.1 Å². The molecule has 1 heterocycles. The first kappa shape index (κ1) is 32.7. The highest BCUT2D eigenvalue weighted by molar-refractivity contribution is 6.00. The molecule has 0 aromatic heterocycles. The van der Waals surface area contributed by atoms with Crippen molar-refractivity contribution in [2.24, 2.45) is 10.9 Å². The fourth-order valence-electron chi connectivity index (χ4n) is 5.14.